The first kappa shape index (κ1) is 22.8. The highest BCUT2D eigenvalue weighted by Crippen LogP contribution is 2.30. The highest BCUT2D eigenvalue weighted by atomic mass is 32.2. The molecular weight excluding hydrogens is 423 g/mol. The van der Waals surface area contributed by atoms with Crippen LogP contribution in [-0.2, 0) is 14.8 Å². The van der Waals surface area contributed by atoms with E-state index < -0.39 is 28.7 Å². The molecule has 0 aliphatic carbocycles. The highest BCUT2D eigenvalue weighted by molar-refractivity contribution is 7.89. The number of halogens is 3. The third-order valence-corrected chi connectivity index (χ3v) is 7.16. The van der Waals surface area contributed by atoms with Gasteiger partial charge in [-0.15, -0.1) is 0 Å². The number of alkyl halides is 3. The smallest absolute Gasteiger partial charge is 0.379 e. The van der Waals surface area contributed by atoms with Crippen molar-refractivity contribution in [2.24, 2.45) is 0 Å². The lowest BCUT2D eigenvalue weighted by molar-refractivity contribution is -0.138. The third kappa shape index (κ3) is 5.25. The van der Waals surface area contributed by atoms with Crippen molar-refractivity contribution in [3.63, 3.8) is 0 Å². The fraction of sp³-hybridized carbons (Fsp3) is 0.632. The number of carbonyl (C=O) groups excluding carboxylic acids is 1. The minimum Gasteiger partial charge on any atom is -0.379 e. The molecule has 0 saturated carbocycles. The molecular formula is C19H26F3N3O4S. The number of hydrogen-bond donors (Lipinski definition) is 0. The average molecular weight is 449 g/mol. The van der Waals surface area contributed by atoms with Crippen LogP contribution in [-0.4, -0.2) is 82.7 Å². The monoisotopic (exact) mass is 449 g/mol. The van der Waals surface area contributed by atoms with Gasteiger partial charge >= 0.3 is 6.18 Å². The van der Waals surface area contributed by atoms with Crippen molar-refractivity contribution >= 4 is 21.6 Å². The average Bonchev–Trinajstić information content (AvgIpc) is 2.73. The van der Waals surface area contributed by atoms with Crippen LogP contribution in [0, 0.1) is 0 Å². The van der Waals surface area contributed by atoms with Gasteiger partial charge in [0.05, 0.1) is 23.7 Å². The van der Waals surface area contributed by atoms with Crippen LogP contribution >= 0.6 is 0 Å². The van der Waals surface area contributed by atoms with Crippen LogP contribution in [0.1, 0.15) is 29.6 Å². The molecule has 168 valence electrons. The number of anilines is 1. The molecule has 0 spiro atoms. The van der Waals surface area contributed by atoms with Gasteiger partial charge < -0.3 is 14.5 Å². The summed E-state index contributed by atoms with van der Waals surface area (Å²) in [6, 6.07) is 4.17. The third-order valence-electron chi connectivity index (χ3n) is 5.27. The maximum Gasteiger partial charge on any atom is 0.406 e. The van der Waals surface area contributed by atoms with Gasteiger partial charge in [-0.05, 0) is 37.5 Å². The molecule has 3 rings (SSSR count). The van der Waals surface area contributed by atoms with E-state index in [9.17, 15) is 26.4 Å². The summed E-state index contributed by atoms with van der Waals surface area (Å²) in [5.74, 6) is -0.855. The van der Waals surface area contributed by atoms with Crippen LogP contribution in [0.5, 0.6) is 0 Å². The van der Waals surface area contributed by atoms with E-state index in [4.69, 9.17) is 4.74 Å². The lowest BCUT2D eigenvalue weighted by atomic mass is 10.1. The minimum absolute atomic E-state index is 0.0296. The first-order chi connectivity index (χ1) is 14.1. The maximum absolute atomic E-state index is 13.0. The molecule has 0 aromatic heterocycles. The fourth-order valence-electron chi connectivity index (χ4n) is 3.74. The van der Waals surface area contributed by atoms with Crippen molar-refractivity contribution < 1.29 is 31.1 Å². The normalized spacial score (nSPS) is 19.0. The van der Waals surface area contributed by atoms with Gasteiger partial charge in [0.15, 0.2) is 0 Å². The summed E-state index contributed by atoms with van der Waals surface area (Å²) < 4.78 is 70.9. The molecule has 2 aliphatic rings. The molecule has 2 aliphatic heterocycles. The number of carbonyl (C=O) groups is 1. The second kappa shape index (κ2) is 9.11. The van der Waals surface area contributed by atoms with Crippen LogP contribution < -0.4 is 4.90 Å². The number of rotatable bonds is 5. The summed E-state index contributed by atoms with van der Waals surface area (Å²) >= 11 is 0. The summed E-state index contributed by atoms with van der Waals surface area (Å²) in [6.07, 6.45) is -1.70. The van der Waals surface area contributed by atoms with Gasteiger partial charge in [0.2, 0.25) is 10.0 Å². The van der Waals surface area contributed by atoms with Gasteiger partial charge in [0, 0.05) is 38.9 Å². The van der Waals surface area contributed by atoms with Gasteiger partial charge in [0.25, 0.3) is 5.91 Å². The zero-order chi connectivity index (χ0) is 21.9. The van der Waals surface area contributed by atoms with Gasteiger partial charge in [-0.3, -0.25) is 4.79 Å². The standard InChI is InChI=1S/C19H26F3N3O4S/c1-23(14-19(20,21)22)18(26)16-13-15(30(27,28)25-9-11-29-12-10-25)5-6-17(16)24-7-3-2-4-8-24/h5-6,13H,2-4,7-12,14H2,1H3. The Morgan fingerprint density at radius 1 is 1.10 bits per heavy atom. The molecule has 1 amide bonds. The Labute approximate surface area is 174 Å². The summed E-state index contributed by atoms with van der Waals surface area (Å²) in [6.45, 7) is 0.834. The summed E-state index contributed by atoms with van der Waals surface area (Å²) in [7, 11) is -2.82. The SMILES string of the molecule is CN(CC(F)(F)F)C(=O)c1cc(S(=O)(=O)N2CCOCC2)ccc1N1CCCCC1. The zero-order valence-electron chi connectivity index (χ0n) is 16.8. The van der Waals surface area contributed by atoms with E-state index in [0.717, 1.165) is 26.3 Å². The van der Waals surface area contributed by atoms with Crippen LogP contribution in [0.15, 0.2) is 23.1 Å². The quantitative estimate of drug-likeness (QED) is 0.690. The summed E-state index contributed by atoms with van der Waals surface area (Å²) in [5.41, 5.74) is 0.438. The Morgan fingerprint density at radius 3 is 2.33 bits per heavy atom. The molecule has 0 bridgehead atoms. The molecule has 0 unspecified atom stereocenters. The van der Waals surface area contributed by atoms with E-state index in [1.54, 1.807) is 0 Å². The lowest BCUT2D eigenvalue weighted by Crippen LogP contribution is -2.41. The van der Waals surface area contributed by atoms with Gasteiger partial charge in [-0.1, -0.05) is 0 Å². The molecule has 0 N–H and O–H groups in total. The van der Waals surface area contributed by atoms with E-state index in [0.29, 0.717) is 23.7 Å². The van der Waals surface area contributed by atoms with Gasteiger partial charge in [-0.2, -0.15) is 17.5 Å². The molecule has 7 nitrogen and oxygen atoms in total. The topological polar surface area (TPSA) is 70.2 Å². The Bertz CT molecular complexity index is 864. The molecule has 11 heteroatoms. The fourth-order valence-corrected chi connectivity index (χ4v) is 5.17. The van der Waals surface area contributed by atoms with Crippen LogP contribution in [0.25, 0.3) is 0 Å². The predicted octanol–water partition coefficient (Wildman–Crippen LogP) is 2.33. The largest absolute Gasteiger partial charge is 0.406 e. The van der Waals surface area contributed by atoms with Gasteiger partial charge in [-0.25, -0.2) is 8.42 Å². The minimum atomic E-state index is -4.55. The van der Waals surface area contributed by atoms with Crippen molar-refractivity contribution in [1.82, 2.24) is 9.21 Å². The van der Waals surface area contributed by atoms with E-state index in [2.05, 4.69) is 0 Å². The molecule has 0 atom stereocenters. The molecule has 1 aromatic rings. The lowest BCUT2D eigenvalue weighted by Gasteiger charge is -2.32. The second-order valence-corrected chi connectivity index (χ2v) is 9.46. The van der Waals surface area contributed by atoms with Crippen molar-refractivity contribution in [2.75, 3.05) is 57.9 Å². The predicted molar refractivity (Wildman–Crippen MR) is 105 cm³/mol. The Morgan fingerprint density at radius 2 is 1.73 bits per heavy atom. The number of sulfonamides is 1. The second-order valence-electron chi connectivity index (χ2n) is 7.52. The molecule has 2 heterocycles. The van der Waals surface area contributed by atoms with E-state index in [-0.39, 0.29) is 36.8 Å². The first-order valence-electron chi connectivity index (χ1n) is 9.89. The Hall–Kier alpha value is -1.85. The van der Waals surface area contributed by atoms with Crippen molar-refractivity contribution in [1.29, 1.82) is 0 Å². The Kier molecular flexibility index (Phi) is 6.93. The maximum atomic E-state index is 13.0. The number of piperidine rings is 1. The van der Waals surface area contributed by atoms with Crippen molar-refractivity contribution in [3.8, 4) is 0 Å². The first-order valence-corrected chi connectivity index (χ1v) is 11.3. The number of ether oxygens (including phenoxy) is 1. The van der Waals surface area contributed by atoms with Gasteiger partial charge in [0.1, 0.15) is 6.54 Å². The molecule has 2 saturated heterocycles. The zero-order valence-corrected chi connectivity index (χ0v) is 17.6. The number of hydrogen-bond acceptors (Lipinski definition) is 5. The Balaban J connectivity index is 1.99. The molecule has 0 radical (unpaired) electrons. The molecule has 30 heavy (non-hydrogen) atoms. The number of morpholine rings is 1. The van der Waals surface area contributed by atoms with Crippen LogP contribution in [0.3, 0.4) is 0 Å². The number of amides is 1. The summed E-state index contributed by atoms with van der Waals surface area (Å²) in [4.78, 5) is 15.3. The van der Waals surface area contributed by atoms with Crippen LogP contribution in [0.2, 0.25) is 0 Å². The number of benzene rings is 1. The highest BCUT2D eigenvalue weighted by Gasteiger charge is 2.34. The molecule has 1 aromatic carbocycles. The molecule has 2 fully saturated rings. The van der Waals surface area contributed by atoms with Crippen LogP contribution in [0.4, 0.5) is 18.9 Å². The van der Waals surface area contributed by atoms with Crippen molar-refractivity contribution in [2.45, 2.75) is 30.3 Å². The number of nitrogens with zero attached hydrogens (tertiary/aromatic N) is 3. The van der Waals surface area contributed by atoms with Crippen molar-refractivity contribution in [3.05, 3.63) is 23.8 Å². The van der Waals surface area contributed by atoms with E-state index in [1.807, 2.05) is 4.90 Å². The summed E-state index contributed by atoms with van der Waals surface area (Å²) in [5, 5.41) is 0. The van der Waals surface area contributed by atoms with E-state index in [1.165, 1.54) is 22.5 Å². The van der Waals surface area contributed by atoms with E-state index >= 15 is 0 Å².